The predicted octanol–water partition coefficient (Wildman–Crippen LogP) is 2.22. The van der Waals surface area contributed by atoms with E-state index in [0.717, 1.165) is 18.4 Å². The van der Waals surface area contributed by atoms with Gasteiger partial charge in [-0.1, -0.05) is 41.7 Å². The Kier molecular flexibility index (Phi) is 5.05. The van der Waals surface area contributed by atoms with E-state index in [1.807, 2.05) is 42.2 Å². The fourth-order valence-corrected chi connectivity index (χ4v) is 5.44. The van der Waals surface area contributed by atoms with Crippen molar-refractivity contribution in [2.24, 2.45) is 5.41 Å². The molecule has 2 aliphatic rings. The first kappa shape index (κ1) is 18.9. The Morgan fingerprint density at radius 2 is 2.07 bits per heavy atom. The number of amides is 1. The Balaban J connectivity index is 1.61. The molecule has 3 heterocycles. The molecule has 2 fully saturated rings. The summed E-state index contributed by atoms with van der Waals surface area (Å²) < 4.78 is 5.49. The molecule has 0 radical (unpaired) electrons. The molecule has 1 aromatic heterocycles. The molecule has 4 rings (SSSR count). The van der Waals surface area contributed by atoms with Crippen molar-refractivity contribution in [3.8, 4) is 0 Å². The quantitative estimate of drug-likeness (QED) is 0.747. The maximum atomic E-state index is 13.1. The third kappa shape index (κ3) is 3.26. The highest BCUT2D eigenvalue weighted by Gasteiger charge is 2.61. The Morgan fingerprint density at radius 3 is 2.75 bits per heavy atom. The second-order valence-electron chi connectivity index (χ2n) is 7.50. The van der Waals surface area contributed by atoms with E-state index in [4.69, 9.17) is 10.5 Å². The summed E-state index contributed by atoms with van der Waals surface area (Å²) in [5, 5.41) is 8.73. The van der Waals surface area contributed by atoms with Gasteiger partial charge in [0.25, 0.3) is 0 Å². The molecule has 2 saturated heterocycles. The minimum absolute atomic E-state index is 0.0112. The number of hydrogen-bond donors (Lipinski definition) is 1. The number of anilines is 1. The second kappa shape index (κ2) is 7.50. The molecule has 0 aliphatic carbocycles. The number of aromatic nitrogens is 2. The molecule has 0 saturated carbocycles. The van der Waals surface area contributed by atoms with Gasteiger partial charge in [-0.05, 0) is 38.2 Å². The van der Waals surface area contributed by atoms with Crippen LogP contribution in [-0.4, -0.2) is 45.7 Å². The SMILES string of the molecule is CCOC(=O)[C@@]1(Cc2ccccc2)C[C@H]2CC[C@@H]1N2C(=O)Cc1nnc(N)s1. The second-order valence-corrected chi connectivity index (χ2v) is 8.60. The molecule has 148 valence electrons. The third-order valence-corrected chi connectivity index (χ3v) is 6.61. The summed E-state index contributed by atoms with van der Waals surface area (Å²) in [6.07, 6.45) is 3.15. The summed E-state index contributed by atoms with van der Waals surface area (Å²) in [7, 11) is 0. The molecule has 0 unspecified atom stereocenters. The molecule has 7 nitrogen and oxygen atoms in total. The van der Waals surface area contributed by atoms with Crippen LogP contribution in [0.4, 0.5) is 5.13 Å². The zero-order chi connectivity index (χ0) is 19.7. The number of rotatable bonds is 6. The average molecular weight is 401 g/mol. The number of nitrogens with two attached hydrogens (primary N) is 1. The van der Waals surface area contributed by atoms with Gasteiger partial charge in [-0.15, -0.1) is 10.2 Å². The summed E-state index contributed by atoms with van der Waals surface area (Å²) in [6, 6.07) is 9.90. The van der Waals surface area contributed by atoms with Crippen LogP contribution in [0.2, 0.25) is 0 Å². The summed E-state index contributed by atoms with van der Waals surface area (Å²) in [6.45, 7) is 2.16. The maximum absolute atomic E-state index is 13.1. The standard InChI is InChI=1S/C20H24N4O3S/c1-2-27-18(26)20(11-13-6-4-3-5-7-13)12-14-8-9-15(20)24(14)17(25)10-16-22-23-19(21)28-16/h3-7,14-15H,2,8-12H2,1H3,(H2,21,23)/t14-,15+,20+/m1/s1. The predicted molar refractivity (Wildman–Crippen MR) is 106 cm³/mol. The lowest BCUT2D eigenvalue weighted by Gasteiger charge is -2.35. The summed E-state index contributed by atoms with van der Waals surface area (Å²) in [5.41, 5.74) is 6.04. The normalized spacial score (nSPS) is 25.8. The molecule has 8 heteroatoms. The van der Waals surface area contributed by atoms with Gasteiger partial charge in [0.15, 0.2) is 0 Å². The van der Waals surface area contributed by atoms with E-state index in [-0.39, 0.29) is 30.4 Å². The number of benzene rings is 1. The highest BCUT2D eigenvalue weighted by Crippen LogP contribution is 2.52. The van der Waals surface area contributed by atoms with E-state index in [2.05, 4.69) is 10.2 Å². The van der Waals surface area contributed by atoms with Crippen LogP contribution in [0.1, 0.15) is 36.8 Å². The van der Waals surface area contributed by atoms with Gasteiger partial charge in [0, 0.05) is 12.1 Å². The van der Waals surface area contributed by atoms with Gasteiger partial charge in [0.1, 0.15) is 5.01 Å². The van der Waals surface area contributed by atoms with Gasteiger partial charge in [0.05, 0.1) is 18.4 Å². The van der Waals surface area contributed by atoms with Crippen molar-refractivity contribution < 1.29 is 14.3 Å². The van der Waals surface area contributed by atoms with Crippen LogP contribution in [0.15, 0.2) is 30.3 Å². The lowest BCUT2D eigenvalue weighted by Crippen LogP contribution is -2.47. The van der Waals surface area contributed by atoms with Crippen molar-refractivity contribution in [2.45, 2.75) is 51.1 Å². The molecule has 3 atom stereocenters. The van der Waals surface area contributed by atoms with Crippen LogP contribution in [0, 0.1) is 5.41 Å². The van der Waals surface area contributed by atoms with Crippen molar-refractivity contribution in [3.05, 3.63) is 40.9 Å². The number of carbonyl (C=O) groups is 2. The third-order valence-electron chi connectivity index (χ3n) is 5.86. The van der Waals surface area contributed by atoms with E-state index in [0.29, 0.717) is 29.6 Å². The fraction of sp³-hybridized carbons (Fsp3) is 0.500. The number of esters is 1. The number of fused-ring (bicyclic) bond motifs is 2. The smallest absolute Gasteiger partial charge is 0.314 e. The van der Waals surface area contributed by atoms with Crippen LogP contribution in [0.3, 0.4) is 0 Å². The zero-order valence-electron chi connectivity index (χ0n) is 15.8. The largest absolute Gasteiger partial charge is 0.465 e. The van der Waals surface area contributed by atoms with Crippen LogP contribution in [0.25, 0.3) is 0 Å². The Morgan fingerprint density at radius 1 is 1.29 bits per heavy atom. The molecular weight excluding hydrogens is 376 g/mol. The first-order chi connectivity index (χ1) is 13.5. The van der Waals surface area contributed by atoms with Crippen LogP contribution >= 0.6 is 11.3 Å². The molecule has 2 N–H and O–H groups in total. The van der Waals surface area contributed by atoms with Crippen molar-refractivity contribution in [3.63, 3.8) is 0 Å². The minimum Gasteiger partial charge on any atom is -0.465 e. The van der Waals surface area contributed by atoms with Crippen molar-refractivity contribution in [1.29, 1.82) is 0 Å². The average Bonchev–Trinajstić information content (AvgIpc) is 3.36. The van der Waals surface area contributed by atoms with Crippen molar-refractivity contribution in [1.82, 2.24) is 15.1 Å². The molecule has 0 spiro atoms. The van der Waals surface area contributed by atoms with Crippen molar-refractivity contribution >= 4 is 28.3 Å². The Bertz CT molecular complexity index is 871. The lowest BCUT2D eigenvalue weighted by molar-refractivity contribution is -0.158. The van der Waals surface area contributed by atoms with Crippen LogP contribution < -0.4 is 5.73 Å². The minimum atomic E-state index is -0.684. The lowest BCUT2D eigenvalue weighted by atomic mass is 9.70. The van der Waals surface area contributed by atoms with Crippen LogP contribution in [-0.2, 0) is 27.2 Å². The number of carbonyl (C=O) groups excluding carboxylic acids is 2. The monoisotopic (exact) mass is 400 g/mol. The fourth-order valence-electron chi connectivity index (χ4n) is 4.83. The Hall–Kier alpha value is -2.48. The van der Waals surface area contributed by atoms with Gasteiger partial charge in [0.2, 0.25) is 11.0 Å². The van der Waals surface area contributed by atoms with E-state index >= 15 is 0 Å². The Labute approximate surface area is 167 Å². The van der Waals surface area contributed by atoms with E-state index < -0.39 is 5.41 Å². The number of nitrogen functional groups attached to an aromatic ring is 1. The highest BCUT2D eigenvalue weighted by atomic mass is 32.1. The zero-order valence-corrected chi connectivity index (χ0v) is 16.7. The number of ether oxygens (including phenoxy) is 1. The summed E-state index contributed by atoms with van der Waals surface area (Å²) in [5.74, 6) is -0.202. The van der Waals surface area contributed by atoms with E-state index in [1.165, 1.54) is 11.3 Å². The van der Waals surface area contributed by atoms with Gasteiger partial charge < -0.3 is 15.4 Å². The number of hydrogen-bond acceptors (Lipinski definition) is 7. The first-order valence-electron chi connectivity index (χ1n) is 9.63. The van der Waals surface area contributed by atoms with Gasteiger partial charge in [-0.3, -0.25) is 9.59 Å². The molecule has 2 aliphatic heterocycles. The molecule has 1 aromatic carbocycles. The molecule has 2 bridgehead atoms. The van der Waals surface area contributed by atoms with E-state index in [9.17, 15) is 9.59 Å². The highest BCUT2D eigenvalue weighted by molar-refractivity contribution is 7.15. The van der Waals surface area contributed by atoms with Crippen LogP contribution in [0.5, 0.6) is 0 Å². The molecular formula is C20H24N4O3S. The molecule has 1 amide bonds. The van der Waals surface area contributed by atoms with E-state index in [1.54, 1.807) is 0 Å². The molecule has 28 heavy (non-hydrogen) atoms. The van der Waals surface area contributed by atoms with Gasteiger partial charge in [-0.25, -0.2) is 0 Å². The van der Waals surface area contributed by atoms with Gasteiger partial charge >= 0.3 is 5.97 Å². The topological polar surface area (TPSA) is 98.4 Å². The van der Waals surface area contributed by atoms with Crippen molar-refractivity contribution in [2.75, 3.05) is 12.3 Å². The summed E-state index contributed by atoms with van der Waals surface area (Å²) >= 11 is 1.23. The maximum Gasteiger partial charge on any atom is 0.314 e. The molecule has 2 aromatic rings. The summed E-state index contributed by atoms with van der Waals surface area (Å²) in [4.78, 5) is 28.1. The first-order valence-corrected chi connectivity index (χ1v) is 10.5. The van der Waals surface area contributed by atoms with Gasteiger partial charge in [-0.2, -0.15) is 0 Å². The number of nitrogens with zero attached hydrogens (tertiary/aromatic N) is 3.